The van der Waals surface area contributed by atoms with Gasteiger partial charge in [0.2, 0.25) is 0 Å². The molecule has 1 heterocycles. The molecule has 0 fully saturated rings. The number of aromatic nitrogens is 1. The molecule has 4 nitrogen and oxygen atoms in total. The number of carboxylic acid groups (broad SMARTS) is 1. The molecule has 0 amide bonds. The zero-order valence-electron chi connectivity index (χ0n) is 10.6. The van der Waals surface area contributed by atoms with Crippen molar-refractivity contribution in [2.24, 2.45) is 0 Å². The SMILES string of the molecule is CC(=O)c1cc(C(=O)O)n(Cc2ccc(F)c(Cl)c2)c1. The van der Waals surface area contributed by atoms with E-state index in [1.807, 2.05) is 0 Å². The van der Waals surface area contributed by atoms with E-state index in [2.05, 4.69) is 0 Å². The van der Waals surface area contributed by atoms with Crippen molar-refractivity contribution in [3.8, 4) is 0 Å². The molecule has 0 bridgehead atoms. The van der Waals surface area contributed by atoms with Gasteiger partial charge in [-0.2, -0.15) is 0 Å². The average Bonchev–Trinajstić information content (AvgIpc) is 2.78. The minimum Gasteiger partial charge on any atom is -0.477 e. The maximum absolute atomic E-state index is 13.1. The van der Waals surface area contributed by atoms with E-state index in [9.17, 15) is 14.0 Å². The zero-order valence-corrected chi connectivity index (χ0v) is 11.3. The molecule has 0 aliphatic carbocycles. The number of carbonyl (C=O) groups excluding carboxylic acids is 1. The highest BCUT2D eigenvalue weighted by Gasteiger charge is 2.15. The molecule has 1 aromatic heterocycles. The van der Waals surface area contributed by atoms with Crippen molar-refractivity contribution < 1.29 is 19.1 Å². The number of hydrogen-bond acceptors (Lipinski definition) is 2. The van der Waals surface area contributed by atoms with Crippen LogP contribution in [0.25, 0.3) is 0 Å². The third-order valence-electron chi connectivity index (χ3n) is 2.86. The highest BCUT2D eigenvalue weighted by molar-refractivity contribution is 6.30. The van der Waals surface area contributed by atoms with Crippen LogP contribution in [-0.2, 0) is 6.54 Å². The number of nitrogens with zero attached hydrogens (tertiary/aromatic N) is 1. The van der Waals surface area contributed by atoms with E-state index in [1.54, 1.807) is 0 Å². The van der Waals surface area contributed by atoms with Crippen LogP contribution < -0.4 is 0 Å². The molecule has 1 N–H and O–H groups in total. The number of benzene rings is 1. The topological polar surface area (TPSA) is 59.3 Å². The summed E-state index contributed by atoms with van der Waals surface area (Å²) in [7, 11) is 0. The number of ketones is 1. The Hall–Kier alpha value is -2.14. The Kier molecular flexibility index (Phi) is 3.90. The second kappa shape index (κ2) is 5.46. The fourth-order valence-electron chi connectivity index (χ4n) is 1.85. The fraction of sp³-hybridized carbons (Fsp3) is 0.143. The summed E-state index contributed by atoms with van der Waals surface area (Å²) in [4.78, 5) is 22.5. The number of rotatable bonds is 4. The molecule has 0 radical (unpaired) electrons. The highest BCUT2D eigenvalue weighted by Crippen LogP contribution is 2.18. The lowest BCUT2D eigenvalue weighted by molar-refractivity contribution is 0.0685. The van der Waals surface area contributed by atoms with Gasteiger partial charge in [0.15, 0.2) is 5.78 Å². The smallest absolute Gasteiger partial charge is 0.352 e. The summed E-state index contributed by atoms with van der Waals surface area (Å²) in [6, 6.07) is 5.47. The molecular weight excluding hydrogens is 285 g/mol. The number of aromatic carboxylic acids is 1. The molecular formula is C14H11ClFNO3. The van der Waals surface area contributed by atoms with Crippen LogP contribution in [0.1, 0.15) is 33.3 Å². The lowest BCUT2D eigenvalue weighted by Gasteiger charge is -2.07. The van der Waals surface area contributed by atoms with Gasteiger partial charge in [-0.15, -0.1) is 0 Å². The summed E-state index contributed by atoms with van der Waals surface area (Å²) in [6.45, 7) is 1.55. The van der Waals surface area contributed by atoms with E-state index in [0.29, 0.717) is 11.1 Å². The number of hydrogen-bond donors (Lipinski definition) is 1. The average molecular weight is 296 g/mol. The van der Waals surface area contributed by atoms with Crippen molar-refractivity contribution in [2.45, 2.75) is 13.5 Å². The Labute approximate surface area is 119 Å². The summed E-state index contributed by atoms with van der Waals surface area (Å²) >= 11 is 5.68. The lowest BCUT2D eigenvalue weighted by atomic mass is 10.2. The molecule has 20 heavy (non-hydrogen) atoms. The lowest BCUT2D eigenvalue weighted by Crippen LogP contribution is -2.08. The van der Waals surface area contributed by atoms with Gasteiger partial charge >= 0.3 is 5.97 Å². The Balaban J connectivity index is 2.39. The Bertz CT molecular complexity index is 694. The minimum atomic E-state index is -1.13. The molecule has 2 rings (SSSR count). The molecule has 0 atom stereocenters. The molecule has 0 aliphatic heterocycles. The molecule has 0 aliphatic rings. The van der Waals surface area contributed by atoms with Gasteiger partial charge in [-0.3, -0.25) is 4.79 Å². The van der Waals surface area contributed by atoms with E-state index < -0.39 is 11.8 Å². The highest BCUT2D eigenvalue weighted by atomic mass is 35.5. The Morgan fingerprint density at radius 2 is 2.05 bits per heavy atom. The first-order valence-corrected chi connectivity index (χ1v) is 6.14. The first-order valence-electron chi connectivity index (χ1n) is 5.77. The van der Waals surface area contributed by atoms with Crippen molar-refractivity contribution >= 4 is 23.4 Å². The van der Waals surface area contributed by atoms with Crippen LogP contribution in [0.5, 0.6) is 0 Å². The molecule has 0 saturated carbocycles. The van der Waals surface area contributed by atoms with E-state index >= 15 is 0 Å². The van der Waals surface area contributed by atoms with Gasteiger partial charge in [-0.05, 0) is 30.7 Å². The minimum absolute atomic E-state index is 0.00403. The van der Waals surface area contributed by atoms with Gasteiger partial charge in [0.25, 0.3) is 0 Å². The standard InChI is InChI=1S/C14H11ClFNO3/c1-8(18)10-5-13(14(19)20)17(7-10)6-9-2-3-12(16)11(15)4-9/h2-5,7H,6H2,1H3,(H,19,20). The van der Waals surface area contributed by atoms with Gasteiger partial charge in [0, 0.05) is 18.3 Å². The monoisotopic (exact) mass is 295 g/mol. The molecule has 2 aromatic rings. The summed E-state index contributed by atoms with van der Waals surface area (Å²) in [5.41, 5.74) is 0.954. The normalized spacial score (nSPS) is 10.6. The Morgan fingerprint density at radius 1 is 1.35 bits per heavy atom. The predicted octanol–water partition coefficient (Wildman–Crippen LogP) is 3.23. The quantitative estimate of drug-likeness (QED) is 0.881. The molecule has 104 valence electrons. The molecule has 0 saturated heterocycles. The van der Waals surface area contributed by atoms with E-state index in [4.69, 9.17) is 16.7 Å². The maximum atomic E-state index is 13.1. The third-order valence-corrected chi connectivity index (χ3v) is 3.15. The van der Waals surface area contributed by atoms with Crippen LogP contribution in [0.15, 0.2) is 30.5 Å². The summed E-state index contributed by atoms with van der Waals surface area (Å²) < 4.78 is 14.5. The maximum Gasteiger partial charge on any atom is 0.352 e. The van der Waals surface area contributed by atoms with Crippen LogP contribution in [0.3, 0.4) is 0 Å². The number of carboxylic acids is 1. The first-order chi connectivity index (χ1) is 9.38. The van der Waals surface area contributed by atoms with Crippen molar-refractivity contribution in [3.05, 3.63) is 58.1 Å². The van der Waals surface area contributed by atoms with Gasteiger partial charge in [0.1, 0.15) is 11.5 Å². The van der Waals surface area contributed by atoms with Gasteiger partial charge in [0.05, 0.1) is 5.02 Å². The summed E-state index contributed by atoms with van der Waals surface area (Å²) in [6.07, 6.45) is 1.46. The second-order valence-electron chi connectivity index (χ2n) is 4.35. The molecule has 0 unspecified atom stereocenters. The van der Waals surface area contributed by atoms with Crippen molar-refractivity contribution in [1.29, 1.82) is 0 Å². The third kappa shape index (κ3) is 2.88. The predicted molar refractivity (Wildman–Crippen MR) is 71.9 cm³/mol. The number of Topliss-reactive ketones (excluding diaryl/α,β-unsaturated/α-hetero) is 1. The summed E-state index contributed by atoms with van der Waals surface area (Å²) in [5.74, 6) is -1.89. The van der Waals surface area contributed by atoms with E-state index in [0.717, 1.165) is 0 Å². The van der Waals surface area contributed by atoms with Gasteiger partial charge in [-0.1, -0.05) is 17.7 Å². The number of carbonyl (C=O) groups is 2. The van der Waals surface area contributed by atoms with Crippen LogP contribution in [0.2, 0.25) is 5.02 Å². The Morgan fingerprint density at radius 3 is 2.60 bits per heavy atom. The van der Waals surface area contributed by atoms with E-state index in [-0.39, 0.29) is 23.0 Å². The van der Waals surface area contributed by atoms with Gasteiger partial charge in [-0.25, -0.2) is 9.18 Å². The van der Waals surface area contributed by atoms with Crippen LogP contribution >= 0.6 is 11.6 Å². The van der Waals surface area contributed by atoms with Crippen LogP contribution in [0, 0.1) is 5.82 Å². The van der Waals surface area contributed by atoms with E-state index in [1.165, 1.54) is 42.0 Å². The second-order valence-corrected chi connectivity index (χ2v) is 4.76. The molecule has 0 spiro atoms. The largest absolute Gasteiger partial charge is 0.477 e. The van der Waals surface area contributed by atoms with Crippen LogP contribution in [-0.4, -0.2) is 21.4 Å². The zero-order chi connectivity index (χ0) is 14.9. The molecule has 6 heteroatoms. The first kappa shape index (κ1) is 14.3. The van der Waals surface area contributed by atoms with Crippen molar-refractivity contribution in [2.75, 3.05) is 0 Å². The van der Waals surface area contributed by atoms with Crippen molar-refractivity contribution in [3.63, 3.8) is 0 Å². The fourth-order valence-corrected chi connectivity index (χ4v) is 2.05. The summed E-state index contributed by atoms with van der Waals surface area (Å²) in [5, 5.41) is 9.09. The van der Waals surface area contributed by atoms with Gasteiger partial charge < -0.3 is 9.67 Å². The molecule has 1 aromatic carbocycles. The van der Waals surface area contributed by atoms with Crippen LogP contribution in [0.4, 0.5) is 4.39 Å². The number of halogens is 2. The van der Waals surface area contributed by atoms with Crippen molar-refractivity contribution in [1.82, 2.24) is 4.57 Å².